The van der Waals surface area contributed by atoms with Crippen molar-refractivity contribution in [3.8, 4) is 5.75 Å². The van der Waals surface area contributed by atoms with Gasteiger partial charge in [-0.15, -0.1) is 0 Å². The van der Waals surface area contributed by atoms with E-state index in [2.05, 4.69) is 43.0 Å². The molecule has 1 unspecified atom stereocenters. The Bertz CT molecular complexity index is 741. The molecule has 2 aromatic rings. The second-order valence-corrected chi connectivity index (χ2v) is 6.68. The van der Waals surface area contributed by atoms with Crippen LogP contribution in [0.2, 0.25) is 0 Å². The highest BCUT2D eigenvalue weighted by Gasteiger charge is 2.31. The van der Waals surface area contributed by atoms with E-state index < -0.39 is 0 Å². The van der Waals surface area contributed by atoms with Crippen LogP contribution in [0.3, 0.4) is 0 Å². The van der Waals surface area contributed by atoms with Crippen molar-refractivity contribution in [3.63, 3.8) is 0 Å². The third-order valence-corrected chi connectivity index (χ3v) is 5.26. The molecular formula is C22H28N2O2. The number of rotatable bonds is 6. The number of carbonyl (C=O) groups is 1. The molecule has 3 rings (SSSR count). The van der Waals surface area contributed by atoms with Gasteiger partial charge in [0.05, 0.1) is 7.11 Å². The Balaban J connectivity index is 1.87. The molecule has 2 aromatic carbocycles. The van der Waals surface area contributed by atoms with E-state index in [1.54, 1.807) is 7.11 Å². The van der Waals surface area contributed by atoms with Gasteiger partial charge >= 0.3 is 0 Å². The summed E-state index contributed by atoms with van der Waals surface area (Å²) in [5.74, 6) is 1.04. The van der Waals surface area contributed by atoms with Gasteiger partial charge in [-0.2, -0.15) is 0 Å². The molecule has 1 amide bonds. The molecule has 4 heteroatoms. The number of hydrogen-bond donors (Lipinski definition) is 0. The van der Waals surface area contributed by atoms with Crippen LogP contribution >= 0.6 is 0 Å². The van der Waals surface area contributed by atoms with Crippen molar-refractivity contribution in [2.45, 2.75) is 32.9 Å². The molecule has 1 aliphatic heterocycles. The summed E-state index contributed by atoms with van der Waals surface area (Å²) in [5, 5.41) is 0. The summed E-state index contributed by atoms with van der Waals surface area (Å²) in [7, 11) is 1.68. The normalized spacial score (nSPS) is 14.8. The number of fused-ring (bicyclic) bond motifs is 1. The third-order valence-electron chi connectivity index (χ3n) is 5.26. The van der Waals surface area contributed by atoms with E-state index in [9.17, 15) is 4.79 Å². The Morgan fingerprint density at radius 2 is 1.85 bits per heavy atom. The second kappa shape index (κ2) is 8.37. The summed E-state index contributed by atoms with van der Waals surface area (Å²) < 4.78 is 5.35. The largest absolute Gasteiger partial charge is 0.497 e. The molecule has 1 atom stereocenters. The number of benzene rings is 2. The molecular weight excluding hydrogens is 324 g/mol. The Labute approximate surface area is 156 Å². The molecule has 0 saturated carbocycles. The van der Waals surface area contributed by atoms with Crippen molar-refractivity contribution in [2.75, 3.05) is 26.7 Å². The fourth-order valence-corrected chi connectivity index (χ4v) is 3.76. The fraction of sp³-hybridized carbons (Fsp3) is 0.409. The first kappa shape index (κ1) is 18.5. The van der Waals surface area contributed by atoms with Gasteiger partial charge in [0, 0.05) is 13.1 Å². The summed E-state index contributed by atoms with van der Waals surface area (Å²) in [6.45, 7) is 7.34. The zero-order valence-electron chi connectivity index (χ0n) is 15.9. The predicted octanol–water partition coefficient (Wildman–Crippen LogP) is 3.66. The van der Waals surface area contributed by atoms with Gasteiger partial charge in [-0.05, 0) is 48.3 Å². The Morgan fingerprint density at radius 3 is 2.50 bits per heavy atom. The van der Waals surface area contributed by atoms with Crippen LogP contribution < -0.4 is 4.74 Å². The maximum absolute atomic E-state index is 13.5. The minimum Gasteiger partial charge on any atom is -0.497 e. The minimum absolute atomic E-state index is 0.188. The van der Waals surface area contributed by atoms with E-state index in [4.69, 9.17) is 4.74 Å². The lowest BCUT2D eigenvalue weighted by Gasteiger charge is -2.36. The van der Waals surface area contributed by atoms with Crippen LogP contribution in [-0.2, 0) is 17.8 Å². The highest BCUT2D eigenvalue weighted by molar-refractivity contribution is 5.83. The van der Waals surface area contributed by atoms with E-state index in [-0.39, 0.29) is 11.9 Å². The molecule has 1 heterocycles. The predicted molar refractivity (Wildman–Crippen MR) is 104 cm³/mol. The summed E-state index contributed by atoms with van der Waals surface area (Å²) in [5.41, 5.74) is 3.57. The molecule has 26 heavy (non-hydrogen) atoms. The Morgan fingerprint density at radius 1 is 1.12 bits per heavy atom. The van der Waals surface area contributed by atoms with Gasteiger partial charge in [0.2, 0.25) is 5.91 Å². The van der Waals surface area contributed by atoms with E-state index in [0.717, 1.165) is 37.4 Å². The third kappa shape index (κ3) is 3.75. The van der Waals surface area contributed by atoms with Gasteiger partial charge in [-0.1, -0.05) is 50.2 Å². The topological polar surface area (TPSA) is 32.8 Å². The first-order valence-electron chi connectivity index (χ1n) is 9.41. The molecule has 0 N–H and O–H groups in total. The highest BCUT2D eigenvalue weighted by atomic mass is 16.5. The van der Waals surface area contributed by atoms with Crippen LogP contribution in [-0.4, -0.2) is 42.5 Å². The summed E-state index contributed by atoms with van der Waals surface area (Å²) >= 11 is 0. The van der Waals surface area contributed by atoms with Crippen molar-refractivity contribution >= 4 is 5.91 Å². The van der Waals surface area contributed by atoms with Gasteiger partial charge in [0.15, 0.2) is 0 Å². The smallest absolute Gasteiger partial charge is 0.244 e. The summed E-state index contributed by atoms with van der Waals surface area (Å²) in [6, 6.07) is 16.1. The zero-order valence-corrected chi connectivity index (χ0v) is 15.9. The van der Waals surface area contributed by atoms with Crippen molar-refractivity contribution < 1.29 is 9.53 Å². The molecule has 0 saturated heterocycles. The van der Waals surface area contributed by atoms with E-state index >= 15 is 0 Å². The molecule has 0 aromatic heterocycles. The van der Waals surface area contributed by atoms with Gasteiger partial charge in [0.25, 0.3) is 0 Å². The number of ether oxygens (including phenoxy) is 1. The van der Waals surface area contributed by atoms with Crippen molar-refractivity contribution in [3.05, 3.63) is 65.2 Å². The highest BCUT2D eigenvalue weighted by Crippen LogP contribution is 2.28. The minimum atomic E-state index is -0.224. The molecule has 0 spiro atoms. The molecule has 0 aliphatic carbocycles. The van der Waals surface area contributed by atoms with Crippen molar-refractivity contribution in [1.82, 2.24) is 9.80 Å². The van der Waals surface area contributed by atoms with E-state index in [1.165, 1.54) is 11.1 Å². The average molecular weight is 352 g/mol. The first-order valence-corrected chi connectivity index (χ1v) is 9.41. The van der Waals surface area contributed by atoms with E-state index in [0.29, 0.717) is 6.54 Å². The summed E-state index contributed by atoms with van der Waals surface area (Å²) in [6.07, 6.45) is 0.894. The first-order chi connectivity index (χ1) is 12.7. The van der Waals surface area contributed by atoms with Crippen LogP contribution in [0.25, 0.3) is 0 Å². The number of methoxy groups -OCH3 is 1. The average Bonchev–Trinajstić information content (AvgIpc) is 2.71. The number of hydrogen-bond acceptors (Lipinski definition) is 3. The van der Waals surface area contributed by atoms with Gasteiger partial charge in [0.1, 0.15) is 11.8 Å². The maximum atomic E-state index is 13.5. The maximum Gasteiger partial charge on any atom is 0.244 e. The van der Waals surface area contributed by atoms with Crippen LogP contribution in [0, 0.1) is 0 Å². The molecule has 0 radical (unpaired) electrons. The van der Waals surface area contributed by atoms with Crippen LogP contribution in [0.4, 0.5) is 0 Å². The lowest BCUT2D eigenvalue weighted by Crippen LogP contribution is -2.45. The van der Waals surface area contributed by atoms with Gasteiger partial charge in [-0.25, -0.2) is 0 Å². The van der Waals surface area contributed by atoms with Crippen LogP contribution in [0.15, 0.2) is 48.5 Å². The Hall–Kier alpha value is -2.33. The fourth-order valence-electron chi connectivity index (χ4n) is 3.76. The Kier molecular flexibility index (Phi) is 5.94. The SMILES string of the molecule is CCN(CC)C(C(=O)N1CCc2ccc(OC)cc2C1)c1ccccc1. The van der Waals surface area contributed by atoms with Crippen LogP contribution in [0.1, 0.15) is 36.6 Å². The number of likely N-dealkylation sites (N-methyl/N-ethyl adjacent to an activating group) is 1. The van der Waals surface area contributed by atoms with Crippen LogP contribution in [0.5, 0.6) is 5.75 Å². The molecule has 0 fully saturated rings. The molecule has 1 aliphatic rings. The zero-order chi connectivity index (χ0) is 18.5. The lowest BCUT2D eigenvalue weighted by molar-refractivity contribution is -0.138. The van der Waals surface area contributed by atoms with Crippen molar-refractivity contribution in [1.29, 1.82) is 0 Å². The molecule has 0 bridgehead atoms. The van der Waals surface area contributed by atoms with E-state index in [1.807, 2.05) is 29.2 Å². The van der Waals surface area contributed by atoms with Gasteiger partial charge < -0.3 is 9.64 Å². The second-order valence-electron chi connectivity index (χ2n) is 6.68. The van der Waals surface area contributed by atoms with Gasteiger partial charge in [-0.3, -0.25) is 9.69 Å². The number of amides is 1. The quantitative estimate of drug-likeness (QED) is 0.795. The molecule has 4 nitrogen and oxygen atoms in total. The monoisotopic (exact) mass is 352 g/mol. The van der Waals surface area contributed by atoms with Crippen molar-refractivity contribution in [2.24, 2.45) is 0 Å². The standard InChI is InChI=1S/C22H28N2O2/c1-4-23(5-2)21(18-9-7-6-8-10-18)22(25)24-14-13-17-11-12-20(26-3)15-19(17)16-24/h6-12,15,21H,4-5,13-14,16H2,1-3H3. The number of nitrogens with zero attached hydrogens (tertiary/aromatic N) is 2. The molecule has 138 valence electrons. The summed E-state index contributed by atoms with van der Waals surface area (Å²) in [4.78, 5) is 17.7. The lowest BCUT2D eigenvalue weighted by atomic mass is 9.97. The number of carbonyl (C=O) groups excluding carboxylic acids is 1.